The van der Waals surface area contributed by atoms with Crippen molar-refractivity contribution >= 4 is 5.97 Å². The van der Waals surface area contributed by atoms with Gasteiger partial charge in [0, 0.05) is 19.2 Å². The number of ether oxygens (including phenoxy) is 1. The Labute approximate surface area is 114 Å². The van der Waals surface area contributed by atoms with Crippen LogP contribution in [0.1, 0.15) is 39.0 Å². The van der Waals surface area contributed by atoms with Gasteiger partial charge in [-0.2, -0.15) is 0 Å². The summed E-state index contributed by atoms with van der Waals surface area (Å²) < 4.78 is 5.37. The van der Waals surface area contributed by atoms with Gasteiger partial charge in [0.25, 0.3) is 0 Å². The van der Waals surface area contributed by atoms with E-state index in [0.717, 1.165) is 19.6 Å². The molecule has 0 aromatic carbocycles. The first-order valence-electron chi connectivity index (χ1n) is 7.26. The molecule has 1 saturated heterocycles. The van der Waals surface area contributed by atoms with Gasteiger partial charge in [-0.3, -0.25) is 4.79 Å². The molecule has 0 bridgehead atoms. The predicted octanol–water partition coefficient (Wildman–Crippen LogP) is 1.01. The number of carboxylic acids is 1. The molecule has 110 valence electrons. The minimum absolute atomic E-state index is 0.277. The highest BCUT2D eigenvalue weighted by Crippen LogP contribution is 2.32. The molecule has 19 heavy (non-hydrogen) atoms. The molecule has 0 aromatic heterocycles. The summed E-state index contributed by atoms with van der Waals surface area (Å²) in [6.07, 6.45) is 3.38. The van der Waals surface area contributed by atoms with Gasteiger partial charge in [-0.25, -0.2) is 0 Å². The topological polar surface area (TPSA) is 78.8 Å². The van der Waals surface area contributed by atoms with Gasteiger partial charge in [0.15, 0.2) is 0 Å². The minimum Gasteiger partial charge on any atom is -0.481 e. The molecule has 2 aliphatic rings. The second kappa shape index (κ2) is 6.20. The van der Waals surface area contributed by atoms with Crippen LogP contribution in [0.4, 0.5) is 0 Å². The maximum absolute atomic E-state index is 10.9. The molecule has 1 heterocycles. The molecule has 0 radical (unpaired) electrons. The smallest absolute Gasteiger partial charge is 0.306 e. The Morgan fingerprint density at radius 2 is 2.11 bits per heavy atom. The second-order valence-electron chi connectivity index (χ2n) is 6.13. The molecule has 5 nitrogen and oxygen atoms in total. The summed E-state index contributed by atoms with van der Waals surface area (Å²) in [5.41, 5.74) is -0.736. The molecule has 1 aliphatic heterocycles. The lowest BCUT2D eigenvalue weighted by Crippen LogP contribution is -2.48. The standard InChI is InChI=1S/C14H25NO4/c1-10(12-4-7-19-8-12)15-9-14(18)5-2-11(3-6-14)13(16)17/h10-12,15,18H,2-9H2,1H3,(H,16,17). The van der Waals surface area contributed by atoms with Crippen molar-refractivity contribution in [2.24, 2.45) is 11.8 Å². The van der Waals surface area contributed by atoms with Gasteiger partial charge in [0.05, 0.1) is 18.1 Å². The van der Waals surface area contributed by atoms with Crippen molar-refractivity contribution in [1.82, 2.24) is 5.32 Å². The summed E-state index contributed by atoms with van der Waals surface area (Å²) in [5, 5.41) is 22.8. The lowest BCUT2D eigenvalue weighted by Gasteiger charge is -2.36. The SMILES string of the molecule is CC(NCC1(O)CCC(C(=O)O)CC1)C1CCOC1. The summed E-state index contributed by atoms with van der Waals surface area (Å²) in [5.74, 6) is -0.480. The maximum Gasteiger partial charge on any atom is 0.306 e. The zero-order valence-corrected chi connectivity index (χ0v) is 11.6. The van der Waals surface area contributed by atoms with Crippen molar-refractivity contribution in [2.75, 3.05) is 19.8 Å². The largest absolute Gasteiger partial charge is 0.481 e. The first-order chi connectivity index (χ1) is 9.00. The van der Waals surface area contributed by atoms with Crippen LogP contribution in [0.3, 0.4) is 0 Å². The summed E-state index contributed by atoms with van der Waals surface area (Å²) in [4.78, 5) is 10.9. The van der Waals surface area contributed by atoms with Crippen molar-refractivity contribution in [3.63, 3.8) is 0 Å². The van der Waals surface area contributed by atoms with Gasteiger partial charge in [-0.15, -0.1) is 0 Å². The van der Waals surface area contributed by atoms with Gasteiger partial charge in [0.1, 0.15) is 0 Å². The first-order valence-corrected chi connectivity index (χ1v) is 7.26. The van der Waals surface area contributed by atoms with E-state index in [2.05, 4.69) is 12.2 Å². The second-order valence-corrected chi connectivity index (χ2v) is 6.13. The van der Waals surface area contributed by atoms with Crippen LogP contribution in [0.5, 0.6) is 0 Å². The van der Waals surface area contributed by atoms with E-state index in [1.807, 2.05) is 0 Å². The molecule has 1 saturated carbocycles. The summed E-state index contributed by atoms with van der Waals surface area (Å²) in [6.45, 7) is 4.32. The number of hydrogen-bond donors (Lipinski definition) is 3. The highest BCUT2D eigenvalue weighted by molar-refractivity contribution is 5.70. The third kappa shape index (κ3) is 3.91. The zero-order chi connectivity index (χ0) is 13.9. The van der Waals surface area contributed by atoms with Gasteiger partial charge < -0.3 is 20.3 Å². The third-order valence-electron chi connectivity index (χ3n) is 4.69. The fraction of sp³-hybridized carbons (Fsp3) is 0.929. The third-order valence-corrected chi connectivity index (χ3v) is 4.69. The fourth-order valence-electron chi connectivity index (χ4n) is 3.04. The van der Waals surface area contributed by atoms with Crippen molar-refractivity contribution in [3.05, 3.63) is 0 Å². The van der Waals surface area contributed by atoms with Crippen molar-refractivity contribution in [3.8, 4) is 0 Å². The number of carboxylic acid groups (broad SMARTS) is 1. The van der Waals surface area contributed by atoms with Crippen molar-refractivity contribution in [1.29, 1.82) is 0 Å². The molecule has 5 heteroatoms. The molecule has 2 rings (SSSR count). The van der Waals surface area contributed by atoms with Crippen LogP contribution in [0.25, 0.3) is 0 Å². The Bertz CT molecular complexity index is 307. The average molecular weight is 271 g/mol. The van der Waals surface area contributed by atoms with E-state index in [4.69, 9.17) is 9.84 Å². The normalized spacial score (nSPS) is 37.2. The Hall–Kier alpha value is -0.650. The Morgan fingerprint density at radius 1 is 1.42 bits per heavy atom. The number of aliphatic hydroxyl groups is 1. The fourth-order valence-corrected chi connectivity index (χ4v) is 3.04. The monoisotopic (exact) mass is 271 g/mol. The lowest BCUT2D eigenvalue weighted by atomic mass is 9.78. The quantitative estimate of drug-likeness (QED) is 0.695. The number of aliphatic carboxylic acids is 1. The van der Waals surface area contributed by atoms with Gasteiger partial charge in [0.2, 0.25) is 0 Å². The number of hydrogen-bond acceptors (Lipinski definition) is 4. The molecule has 0 amide bonds. The van der Waals surface area contributed by atoms with E-state index >= 15 is 0 Å². The van der Waals surface area contributed by atoms with E-state index in [9.17, 15) is 9.90 Å². The summed E-state index contributed by atoms with van der Waals surface area (Å²) >= 11 is 0. The molecular weight excluding hydrogens is 246 g/mol. The lowest BCUT2D eigenvalue weighted by molar-refractivity contribution is -0.144. The minimum atomic E-state index is -0.736. The highest BCUT2D eigenvalue weighted by Gasteiger charge is 2.36. The zero-order valence-electron chi connectivity index (χ0n) is 11.6. The Morgan fingerprint density at radius 3 is 2.63 bits per heavy atom. The van der Waals surface area contributed by atoms with Crippen LogP contribution in [0.15, 0.2) is 0 Å². The number of rotatable bonds is 5. The van der Waals surface area contributed by atoms with Gasteiger partial charge in [-0.05, 0) is 44.9 Å². The molecule has 2 atom stereocenters. The summed E-state index contributed by atoms with van der Waals surface area (Å²) in [6, 6.07) is 0.337. The van der Waals surface area contributed by atoms with E-state index < -0.39 is 11.6 Å². The van der Waals surface area contributed by atoms with Crippen LogP contribution in [-0.2, 0) is 9.53 Å². The molecule has 2 fully saturated rings. The maximum atomic E-state index is 10.9. The molecule has 0 aromatic rings. The summed E-state index contributed by atoms with van der Waals surface area (Å²) in [7, 11) is 0. The van der Waals surface area contributed by atoms with E-state index in [1.165, 1.54) is 0 Å². The van der Waals surface area contributed by atoms with Crippen LogP contribution in [-0.4, -0.2) is 47.6 Å². The molecule has 1 aliphatic carbocycles. The van der Waals surface area contributed by atoms with E-state index in [-0.39, 0.29) is 5.92 Å². The molecule has 3 N–H and O–H groups in total. The van der Waals surface area contributed by atoms with Gasteiger partial charge >= 0.3 is 5.97 Å². The Kier molecular flexibility index (Phi) is 4.81. The van der Waals surface area contributed by atoms with Gasteiger partial charge in [-0.1, -0.05) is 0 Å². The number of nitrogens with one attached hydrogen (secondary N) is 1. The van der Waals surface area contributed by atoms with E-state index in [1.54, 1.807) is 0 Å². The first kappa shape index (κ1) is 14.8. The number of carbonyl (C=O) groups is 1. The van der Waals surface area contributed by atoms with E-state index in [0.29, 0.717) is 44.2 Å². The predicted molar refractivity (Wildman–Crippen MR) is 70.9 cm³/mol. The van der Waals surface area contributed by atoms with Crippen LogP contribution >= 0.6 is 0 Å². The molecule has 0 spiro atoms. The van der Waals surface area contributed by atoms with Crippen LogP contribution in [0, 0.1) is 11.8 Å². The van der Waals surface area contributed by atoms with Crippen molar-refractivity contribution < 1.29 is 19.7 Å². The average Bonchev–Trinajstić information content (AvgIpc) is 2.90. The highest BCUT2D eigenvalue weighted by atomic mass is 16.5. The Balaban J connectivity index is 1.74. The van der Waals surface area contributed by atoms with Crippen LogP contribution < -0.4 is 5.32 Å². The van der Waals surface area contributed by atoms with Crippen LogP contribution in [0.2, 0.25) is 0 Å². The molecular formula is C14H25NO4. The molecule has 2 unspecified atom stereocenters. The van der Waals surface area contributed by atoms with Crippen molar-refractivity contribution in [2.45, 2.75) is 50.7 Å².